The molecule has 1 amide bonds. The highest BCUT2D eigenvalue weighted by atomic mass is 32.2. The SMILES string of the molecule is CCCCSCc1cc(C(=O)Nc2nccn2C)oc1C. The van der Waals surface area contributed by atoms with Gasteiger partial charge in [0.15, 0.2) is 5.76 Å². The number of aryl methyl sites for hydroxylation is 2. The molecule has 2 rings (SSSR count). The highest BCUT2D eigenvalue weighted by Crippen LogP contribution is 2.21. The Kier molecular flexibility index (Phi) is 5.50. The summed E-state index contributed by atoms with van der Waals surface area (Å²) in [7, 11) is 1.83. The topological polar surface area (TPSA) is 60.1 Å². The predicted octanol–water partition coefficient (Wildman–Crippen LogP) is 3.61. The van der Waals surface area contributed by atoms with Crippen LogP contribution in [0.15, 0.2) is 22.9 Å². The molecule has 0 radical (unpaired) electrons. The Morgan fingerprint density at radius 3 is 3.00 bits per heavy atom. The Labute approximate surface area is 129 Å². The second-order valence-corrected chi connectivity index (χ2v) is 6.02. The van der Waals surface area contributed by atoms with Gasteiger partial charge in [0.1, 0.15) is 5.76 Å². The highest BCUT2D eigenvalue weighted by molar-refractivity contribution is 7.98. The molecule has 0 unspecified atom stereocenters. The zero-order chi connectivity index (χ0) is 15.2. The molecule has 0 aliphatic heterocycles. The molecule has 0 spiro atoms. The van der Waals surface area contributed by atoms with Gasteiger partial charge in [0.2, 0.25) is 5.95 Å². The van der Waals surface area contributed by atoms with E-state index in [4.69, 9.17) is 4.42 Å². The third-order valence-corrected chi connectivity index (χ3v) is 4.28. The lowest BCUT2D eigenvalue weighted by molar-refractivity contribution is 0.0994. The number of carbonyl (C=O) groups is 1. The third-order valence-electron chi connectivity index (χ3n) is 3.19. The lowest BCUT2D eigenvalue weighted by Crippen LogP contribution is -2.14. The largest absolute Gasteiger partial charge is 0.456 e. The Balaban J connectivity index is 1.97. The molecule has 2 aromatic rings. The standard InChI is InChI=1S/C15H21N3O2S/c1-4-5-8-21-10-12-9-13(20-11(12)2)14(19)17-15-16-6-7-18(15)3/h6-7,9H,4-5,8,10H2,1-3H3,(H,16,17,19). The molecule has 0 saturated heterocycles. The van der Waals surface area contributed by atoms with E-state index in [1.54, 1.807) is 17.0 Å². The number of furan rings is 1. The van der Waals surface area contributed by atoms with Crippen LogP contribution < -0.4 is 5.32 Å². The van der Waals surface area contributed by atoms with Gasteiger partial charge in [-0.25, -0.2) is 4.98 Å². The number of nitrogens with zero attached hydrogens (tertiary/aromatic N) is 2. The summed E-state index contributed by atoms with van der Waals surface area (Å²) in [5.74, 6) is 3.40. The third kappa shape index (κ3) is 4.14. The van der Waals surface area contributed by atoms with Crippen molar-refractivity contribution in [3.63, 3.8) is 0 Å². The number of anilines is 1. The highest BCUT2D eigenvalue weighted by Gasteiger charge is 2.16. The number of carbonyl (C=O) groups excluding carboxylic acids is 1. The van der Waals surface area contributed by atoms with Gasteiger partial charge in [0, 0.05) is 30.8 Å². The average Bonchev–Trinajstić information content (AvgIpc) is 3.02. The smallest absolute Gasteiger partial charge is 0.293 e. The summed E-state index contributed by atoms with van der Waals surface area (Å²) in [5.41, 5.74) is 1.08. The van der Waals surface area contributed by atoms with Crippen LogP contribution >= 0.6 is 11.8 Å². The van der Waals surface area contributed by atoms with Crippen LogP contribution in [0.4, 0.5) is 5.95 Å². The molecule has 0 aliphatic carbocycles. The van der Waals surface area contributed by atoms with Crippen molar-refractivity contribution in [2.75, 3.05) is 11.1 Å². The maximum absolute atomic E-state index is 12.1. The Morgan fingerprint density at radius 2 is 2.33 bits per heavy atom. The van der Waals surface area contributed by atoms with Crippen molar-refractivity contribution < 1.29 is 9.21 Å². The molecule has 2 heterocycles. The molecule has 21 heavy (non-hydrogen) atoms. The van der Waals surface area contributed by atoms with Crippen LogP contribution in [-0.2, 0) is 12.8 Å². The van der Waals surface area contributed by atoms with Gasteiger partial charge in [0.05, 0.1) is 0 Å². The van der Waals surface area contributed by atoms with Gasteiger partial charge >= 0.3 is 0 Å². The van der Waals surface area contributed by atoms with Crippen LogP contribution in [0.2, 0.25) is 0 Å². The molecule has 6 heteroatoms. The summed E-state index contributed by atoms with van der Waals surface area (Å²) in [5, 5.41) is 2.74. The van der Waals surface area contributed by atoms with E-state index in [1.807, 2.05) is 31.8 Å². The van der Waals surface area contributed by atoms with Crippen molar-refractivity contribution in [3.8, 4) is 0 Å². The number of unbranched alkanes of at least 4 members (excludes halogenated alkanes) is 1. The van der Waals surface area contributed by atoms with Crippen LogP contribution in [0.25, 0.3) is 0 Å². The maximum atomic E-state index is 12.1. The molecule has 1 N–H and O–H groups in total. The van der Waals surface area contributed by atoms with Gasteiger partial charge in [0.25, 0.3) is 5.91 Å². The van der Waals surface area contributed by atoms with Crippen LogP contribution in [-0.4, -0.2) is 21.2 Å². The number of nitrogens with one attached hydrogen (secondary N) is 1. The molecule has 0 atom stereocenters. The zero-order valence-corrected chi connectivity index (χ0v) is 13.5. The van der Waals surface area contributed by atoms with E-state index >= 15 is 0 Å². The van der Waals surface area contributed by atoms with Crippen molar-refractivity contribution >= 4 is 23.6 Å². The van der Waals surface area contributed by atoms with E-state index in [0.29, 0.717) is 11.7 Å². The van der Waals surface area contributed by atoms with Crippen molar-refractivity contribution in [1.82, 2.24) is 9.55 Å². The molecule has 5 nitrogen and oxygen atoms in total. The second-order valence-electron chi connectivity index (χ2n) is 4.91. The van der Waals surface area contributed by atoms with E-state index in [-0.39, 0.29) is 5.91 Å². The zero-order valence-electron chi connectivity index (χ0n) is 12.7. The fourth-order valence-corrected chi connectivity index (χ4v) is 3.00. The van der Waals surface area contributed by atoms with Gasteiger partial charge in [-0.15, -0.1) is 0 Å². The minimum absolute atomic E-state index is 0.266. The number of hydrogen-bond donors (Lipinski definition) is 1. The van der Waals surface area contributed by atoms with Gasteiger partial charge < -0.3 is 8.98 Å². The number of imidazole rings is 1. The summed E-state index contributed by atoms with van der Waals surface area (Å²) >= 11 is 1.87. The maximum Gasteiger partial charge on any atom is 0.293 e. The first-order valence-electron chi connectivity index (χ1n) is 7.07. The quantitative estimate of drug-likeness (QED) is 0.794. The Morgan fingerprint density at radius 1 is 1.52 bits per heavy atom. The first-order valence-corrected chi connectivity index (χ1v) is 8.23. The van der Waals surface area contributed by atoms with Gasteiger partial charge in [-0.05, 0) is 25.2 Å². The van der Waals surface area contributed by atoms with E-state index in [0.717, 1.165) is 22.8 Å². The summed E-state index contributed by atoms with van der Waals surface area (Å²) in [4.78, 5) is 16.2. The monoisotopic (exact) mass is 307 g/mol. The number of amides is 1. The lowest BCUT2D eigenvalue weighted by Gasteiger charge is -2.01. The fourth-order valence-electron chi connectivity index (χ4n) is 1.85. The minimum atomic E-state index is -0.266. The van der Waals surface area contributed by atoms with E-state index in [9.17, 15) is 4.79 Å². The molecule has 0 aromatic carbocycles. The number of aromatic nitrogens is 2. The summed E-state index contributed by atoms with van der Waals surface area (Å²) in [6.45, 7) is 4.08. The van der Waals surface area contributed by atoms with E-state index in [2.05, 4.69) is 17.2 Å². The van der Waals surface area contributed by atoms with Crippen molar-refractivity contribution in [3.05, 3.63) is 35.5 Å². The number of hydrogen-bond acceptors (Lipinski definition) is 4. The van der Waals surface area contributed by atoms with Crippen LogP contribution in [0.5, 0.6) is 0 Å². The van der Waals surface area contributed by atoms with E-state index < -0.39 is 0 Å². The van der Waals surface area contributed by atoms with Crippen molar-refractivity contribution in [2.45, 2.75) is 32.4 Å². The van der Waals surface area contributed by atoms with Crippen molar-refractivity contribution in [2.24, 2.45) is 7.05 Å². The predicted molar refractivity (Wildman–Crippen MR) is 85.7 cm³/mol. The molecule has 0 bridgehead atoms. The summed E-state index contributed by atoms with van der Waals surface area (Å²) < 4.78 is 7.30. The molecule has 2 aromatic heterocycles. The fraction of sp³-hybridized carbons (Fsp3) is 0.467. The molecule has 0 saturated carbocycles. The van der Waals surface area contributed by atoms with E-state index in [1.165, 1.54) is 12.8 Å². The minimum Gasteiger partial charge on any atom is -0.456 e. The Bertz CT molecular complexity index is 604. The Hall–Kier alpha value is -1.69. The number of rotatable bonds is 7. The molecule has 114 valence electrons. The number of thioether (sulfide) groups is 1. The molecular formula is C15H21N3O2S. The van der Waals surface area contributed by atoms with Crippen molar-refractivity contribution in [1.29, 1.82) is 0 Å². The summed E-state index contributed by atoms with van der Waals surface area (Å²) in [6.07, 6.45) is 5.83. The van der Waals surface area contributed by atoms with Gasteiger partial charge in [-0.1, -0.05) is 13.3 Å². The normalized spacial score (nSPS) is 10.8. The molecule has 0 fully saturated rings. The van der Waals surface area contributed by atoms with Gasteiger partial charge in [-0.3, -0.25) is 10.1 Å². The average molecular weight is 307 g/mol. The van der Waals surface area contributed by atoms with Gasteiger partial charge in [-0.2, -0.15) is 11.8 Å². The lowest BCUT2D eigenvalue weighted by atomic mass is 10.3. The summed E-state index contributed by atoms with van der Waals surface area (Å²) in [6, 6.07) is 1.83. The molecule has 0 aliphatic rings. The molecular weight excluding hydrogens is 286 g/mol. The second kappa shape index (κ2) is 7.36. The first kappa shape index (κ1) is 15.7. The van der Waals surface area contributed by atoms with Crippen LogP contribution in [0.1, 0.15) is 41.6 Å². The van der Waals surface area contributed by atoms with Crippen LogP contribution in [0, 0.1) is 6.92 Å². The van der Waals surface area contributed by atoms with Crippen LogP contribution in [0.3, 0.4) is 0 Å². The first-order chi connectivity index (χ1) is 10.1.